The van der Waals surface area contributed by atoms with Crippen molar-refractivity contribution < 1.29 is 26.5 Å². The molecule has 0 fully saturated rings. The van der Waals surface area contributed by atoms with E-state index < -0.39 is 39.1 Å². The molecule has 2 aromatic carbocycles. The number of benzene rings is 2. The molecule has 9 heteroatoms. The number of furan rings is 1. The summed E-state index contributed by atoms with van der Waals surface area (Å²) in [6.07, 6.45) is 0. The Morgan fingerprint density at radius 2 is 1.88 bits per heavy atom. The Hall–Kier alpha value is -2.71. The summed E-state index contributed by atoms with van der Waals surface area (Å²) < 4.78 is 47.9. The van der Waals surface area contributed by atoms with Crippen LogP contribution in [0.25, 0.3) is 11.3 Å². The van der Waals surface area contributed by atoms with Crippen molar-refractivity contribution in [1.82, 2.24) is 0 Å². The maximum atomic E-state index is 13.4. The number of hydrogen-bond donors (Lipinski definition) is 2. The monoisotopic (exact) mass is 397 g/mol. The minimum Gasteiger partial charge on any atom is -0.501 e. The minimum absolute atomic E-state index is 0.00572. The molecule has 0 radical (unpaired) electrons. The lowest BCUT2D eigenvalue weighted by Crippen LogP contribution is -2.12. The van der Waals surface area contributed by atoms with Gasteiger partial charge in [0.25, 0.3) is 0 Å². The van der Waals surface area contributed by atoms with E-state index in [0.29, 0.717) is 5.56 Å². The molecule has 3 aromatic rings. The van der Waals surface area contributed by atoms with Gasteiger partial charge in [-0.3, -0.25) is 0 Å². The molecule has 0 unspecified atom stereocenters. The summed E-state index contributed by atoms with van der Waals surface area (Å²) in [7, 11) is -4.13. The van der Waals surface area contributed by atoms with E-state index in [1.165, 1.54) is 6.07 Å². The van der Waals surface area contributed by atoms with Gasteiger partial charge in [-0.15, -0.1) is 0 Å². The smallest absolute Gasteiger partial charge is 0.313 e. The maximum absolute atomic E-state index is 13.4. The third kappa shape index (κ3) is 3.76. The lowest BCUT2D eigenvalue weighted by atomic mass is 10.1. The van der Waals surface area contributed by atoms with Crippen molar-refractivity contribution in [3.63, 3.8) is 0 Å². The zero-order chi connectivity index (χ0) is 18.9. The molecule has 3 N–H and O–H groups in total. The van der Waals surface area contributed by atoms with E-state index in [0.717, 1.165) is 12.1 Å². The van der Waals surface area contributed by atoms with Gasteiger partial charge in [-0.05, 0) is 23.8 Å². The van der Waals surface area contributed by atoms with Crippen LogP contribution in [0.1, 0.15) is 5.56 Å². The molecule has 136 valence electrons. The van der Waals surface area contributed by atoms with Gasteiger partial charge in [-0.2, -0.15) is 8.42 Å². The predicted molar refractivity (Wildman–Crippen MR) is 94.9 cm³/mol. The van der Waals surface area contributed by atoms with Gasteiger partial charge in [0.1, 0.15) is 11.6 Å². The van der Waals surface area contributed by atoms with Crippen molar-refractivity contribution in [1.29, 1.82) is 0 Å². The standard InChI is InChI=1S/C17H13ClFNO5S/c18-13-7-6-11(19)8-12(13)15-14(21)16(17(20)24-15)25-26(22,23)9-10-4-2-1-3-5-10/h1-8,21H,9,20H2. The van der Waals surface area contributed by atoms with Gasteiger partial charge in [0.2, 0.25) is 17.4 Å². The minimum atomic E-state index is -4.13. The number of nitrogens with two attached hydrogens (primary N) is 1. The van der Waals surface area contributed by atoms with Gasteiger partial charge in [-0.1, -0.05) is 41.9 Å². The molecular formula is C17H13ClFNO5S. The van der Waals surface area contributed by atoms with Gasteiger partial charge in [-0.25, -0.2) is 4.39 Å². The summed E-state index contributed by atoms with van der Waals surface area (Å²) in [5.41, 5.74) is 6.11. The van der Waals surface area contributed by atoms with Gasteiger partial charge in [0.15, 0.2) is 5.76 Å². The van der Waals surface area contributed by atoms with E-state index in [1.807, 2.05) is 0 Å². The van der Waals surface area contributed by atoms with Crippen LogP contribution in [0, 0.1) is 5.82 Å². The fraction of sp³-hybridized carbons (Fsp3) is 0.0588. The molecule has 26 heavy (non-hydrogen) atoms. The third-order valence-electron chi connectivity index (χ3n) is 3.44. The number of nitrogen functional groups attached to an aromatic ring is 1. The summed E-state index contributed by atoms with van der Waals surface area (Å²) in [6, 6.07) is 11.7. The second-order valence-corrected chi connectivity index (χ2v) is 7.35. The maximum Gasteiger partial charge on any atom is 0.313 e. The number of hydrogen-bond acceptors (Lipinski definition) is 6. The summed E-state index contributed by atoms with van der Waals surface area (Å²) in [6.45, 7) is 0. The first kappa shape index (κ1) is 18.1. The number of halogens is 2. The van der Waals surface area contributed by atoms with Crippen LogP contribution in [-0.4, -0.2) is 13.5 Å². The van der Waals surface area contributed by atoms with Crippen LogP contribution >= 0.6 is 11.6 Å². The van der Waals surface area contributed by atoms with Crippen LogP contribution < -0.4 is 9.92 Å². The summed E-state index contributed by atoms with van der Waals surface area (Å²) in [5.74, 6) is -3.10. The highest BCUT2D eigenvalue weighted by molar-refractivity contribution is 7.86. The molecule has 0 amide bonds. The molecule has 3 rings (SSSR count). The van der Waals surface area contributed by atoms with Crippen molar-refractivity contribution in [3.05, 3.63) is 64.9 Å². The molecule has 0 bridgehead atoms. The fourth-order valence-electron chi connectivity index (χ4n) is 2.29. The van der Waals surface area contributed by atoms with E-state index in [2.05, 4.69) is 0 Å². The lowest BCUT2D eigenvalue weighted by Gasteiger charge is -2.06. The van der Waals surface area contributed by atoms with E-state index in [4.69, 9.17) is 25.9 Å². The zero-order valence-electron chi connectivity index (χ0n) is 13.1. The SMILES string of the molecule is Nc1oc(-c2cc(F)ccc2Cl)c(O)c1OS(=O)(=O)Cc1ccccc1. The normalized spacial score (nSPS) is 11.5. The fourth-order valence-corrected chi connectivity index (χ4v) is 3.57. The first-order valence-corrected chi connectivity index (χ1v) is 9.25. The second kappa shape index (κ2) is 6.89. The first-order valence-electron chi connectivity index (χ1n) is 7.29. The van der Waals surface area contributed by atoms with Crippen molar-refractivity contribution in [2.45, 2.75) is 5.75 Å². The van der Waals surface area contributed by atoms with E-state index in [9.17, 15) is 17.9 Å². The summed E-state index contributed by atoms with van der Waals surface area (Å²) in [4.78, 5) is 0. The van der Waals surface area contributed by atoms with Crippen molar-refractivity contribution in [2.75, 3.05) is 5.73 Å². The molecule has 1 aromatic heterocycles. The predicted octanol–water partition coefficient (Wildman–Crippen LogP) is 3.94. The Morgan fingerprint density at radius 1 is 1.19 bits per heavy atom. The zero-order valence-corrected chi connectivity index (χ0v) is 14.7. The van der Waals surface area contributed by atoms with Gasteiger partial charge in [0, 0.05) is 5.56 Å². The molecular weight excluding hydrogens is 385 g/mol. The highest BCUT2D eigenvalue weighted by Crippen LogP contribution is 2.47. The first-order chi connectivity index (χ1) is 12.3. The van der Waals surface area contributed by atoms with Crippen molar-refractivity contribution in [2.24, 2.45) is 0 Å². The average molecular weight is 398 g/mol. The Morgan fingerprint density at radius 3 is 2.58 bits per heavy atom. The number of anilines is 1. The molecule has 0 atom stereocenters. The molecule has 0 spiro atoms. The van der Waals surface area contributed by atoms with Crippen LogP contribution in [0.15, 0.2) is 52.9 Å². The van der Waals surface area contributed by atoms with Crippen LogP contribution in [0.5, 0.6) is 11.5 Å². The Bertz CT molecular complexity index is 1050. The van der Waals surface area contributed by atoms with Gasteiger partial charge < -0.3 is 19.4 Å². The molecule has 6 nitrogen and oxygen atoms in total. The quantitative estimate of drug-likeness (QED) is 0.632. The Kier molecular flexibility index (Phi) is 4.80. The highest BCUT2D eigenvalue weighted by atomic mass is 35.5. The lowest BCUT2D eigenvalue weighted by molar-refractivity contribution is 0.432. The molecule has 0 saturated carbocycles. The van der Waals surface area contributed by atoms with Crippen LogP contribution in [0.3, 0.4) is 0 Å². The molecule has 0 saturated heterocycles. The summed E-state index contributed by atoms with van der Waals surface area (Å²) >= 11 is 5.97. The van der Waals surface area contributed by atoms with Gasteiger partial charge in [0.05, 0.1) is 5.02 Å². The topological polar surface area (TPSA) is 103 Å². The highest BCUT2D eigenvalue weighted by Gasteiger charge is 2.27. The number of rotatable bonds is 5. The van der Waals surface area contributed by atoms with Crippen LogP contribution in [0.4, 0.5) is 10.3 Å². The van der Waals surface area contributed by atoms with E-state index in [1.54, 1.807) is 30.3 Å². The second-order valence-electron chi connectivity index (χ2n) is 5.37. The Labute approximate surface area is 153 Å². The van der Waals surface area contributed by atoms with Crippen molar-refractivity contribution >= 4 is 27.6 Å². The summed E-state index contributed by atoms with van der Waals surface area (Å²) in [5, 5.41) is 10.3. The van der Waals surface area contributed by atoms with Crippen LogP contribution in [-0.2, 0) is 15.9 Å². The average Bonchev–Trinajstić information content (AvgIpc) is 2.85. The molecule has 1 heterocycles. The van der Waals surface area contributed by atoms with E-state index >= 15 is 0 Å². The molecule has 0 aliphatic rings. The van der Waals surface area contributed by atoms with Crippen molar-refractivity contribution in [3.8, 4) is 22.8 Å². The van der Waals surface area contributed by atoms with Crippen LogP contribution in [0.2, 0.25) is 5.02 Å². The Balaban J connectivity index is 1.95. The van der Waals surface area contributed by atoms with E-state index in [-0.39, 0.29) is 16.3 Å². The largest absolute Gasteiger partial charge is 0.501 e. The molecule has 0 aliphatic heterocycles. The third-order valence-corrected chi connectivity index (χ3v) is 4.87. The van der Waals surface area contributed by atoms with Gasteiger partial charge >= 0.3 is 10.1 Å². The number of aromatic hydroxyl groups is 1. The molecule has 0 aliphatic carbocycles.